The summed E-state index contributed by atoms with van der Waals surface area (Å²) in [7, 11) is 0. The number of carbonyl (C=O) groups is 1. The van der Waals surface area contributed by atoms with Crippen LogP contribution in [0.15, 0.2) is 68.9 Å². The Hall–Kier alpha value is -3.59. The molecule has 2 N–H and O–H groups in total. The number of nitrogens with one attached hydrogen (secondary N) is 2. The quantitative estimate of drug-likeness (QED) is 0.459. The summed E-state index contributed by atoms with van der Waals surface area (Å²) in [5.41, 5.74) is 1.37. The van der Waals surface area contributed by atoms with Crippen molar-refractivity contribution in [2.45, 2.75) is 18.2 Å². The topological polar surface area (TPSA) is 106 Å². The van der Waals surface area contributed by atoms with Crippen molar-refractivity contribution in [3.63, 3.8) is 0 Å². The normalized spacial score (nSPS) is 10.9. The second kappa shape index (κ2) is 8.42. The highest BCUT2D eigenvalue weighted by atomic mass is 32.2. The smallest absolute Gasteiger partial charge is 0.257 e. The Morgan fingerprint density at radius 3 is 2.80 bits per heavy atom. The Labute approximate surface area is 176 Å². The molecule has 30 heavy (non-hydrogen) atoms. The molecular formula is C21H19N5O3S. The first-order chi connectivity index (χ1) is 14.6. The zero-order chi connectivity index (χ0) is 21.1. The molecule has 0 saturated heterocycles. The molecule has 0 aliphatic carbocycles. The zero-order valence-electron chi connectivity index (χ0n) is 16.4. The van der Waals surface area contributed by atoms with Gasteiger partial charge in [-0.3, -0.25) is 14.6 Å². The molecule has 1 amide bonds. The maximum atomic E-state index is 13.0. The van der Waals surface area contributed by atoms with Gasteiger partial charge in [0.05, 0.1) is 11.8 Å². The van der Waals surface area contributed by atoms with Gasteiger partial charge in [0.1, 0.15) is 11.5 Å². The first-order valence-corrected chi connectivity index (χ1v) is 10.5. The molecule has 0 radical (unpaired) electrons. The molecule has 3 aromatic heterocycles. The molecule has 0 bridgehead atoms. The van der Waals surface area contributed by atoms with Gasteiger partial charge in [0.2, 0.25) is 5.95 Å². The molecule has 4 aromatic rings. The first-order valence-electron chi connectivity index (χ1n) is 9.28. The monoisotopic (exact) mass is 421 g/mol. The van der Waals surface area contributed by atoms with E-state index in [0.717, 1.165) is 4.90 Å². The van der Waals surface area contributed by atoms with Crippen LogP contribution in [-0.2, 0) is 6.42 Å². The van der Waals surface area contributed by atoms with Gasteiger partial charge in [0, 0.05) is 22.7 Å². The number of H-pyrrole nitrogens is 1. The van der Waals surface area contributed by atoms with Crippen molar-refractivity contribution in [2.24, 2.45) is 0 Å². The number of hydrogen-bond acceptors (Lipinski definition) is 6. The Balaban J connectivity index is 1.79. The third-order valence-corrected chi connectivity index (χ3v) is 5.22. The maximum absolute atomic E-state index is 13.0. The minimum absolute atomic E-state index is 0.214. The van der Waals surface area contributed by atoms with Crippen LogP contribution in [0.2, 0.25) is 0 Å². The zero-order valence-corrected chi connectivity index (χ0v) is 17.2. The van der Waals surface area contributed by atoms with Gasteiger partial charge in [-0.15, -0.1) is 11.8 Å². The molecule has 8 nitrogen and oxygen atoms in total. The average Bonchev–Trinajstić information content (AvgIpc) is 3.43. The molecule has 1 aromatic carbocycles. The number of thioether (sulfide) groups is 1. The van der Waals surface area contributed by atoms with Crippen LogP contribution in [0.3, 0.4) is 0 Å². The molecule has 3 heterocycles. The second-order valence-electron chi connectivity index (χ2n) is 6.37. The molecule has 0 atom stereocenters. The SMILES string of the molecule is CCc1cc(=O)[nH]c(-n2nc(-c3ccco3)cc2NC(=O)c2ccccc2SC)n1. The summed E-state index contributed by atoms with van der Waals surface area (Å²) in [5, 5.41) is 7.38. The lowest BCUT2D eigenvalue weighted by Gasteiger charge is -2.10. The van der Waals surface area contributed by atoms with Crippen LogP contribution in [0.25, 0.3) is 17.4 Å². The predicted octanol–water partition coefficient (Wildman–Crippen LogP) is 3.75. The molecule has 0 unspecified atom stereocenters. The van der Waals surface area contributed by atoms with E-state index in [2.05, 4.69) is 20.4 Å². The number of aromatic amines is 1. The van der Waals surface area contributed by atoms with Crippen LogP contribution in [0, 0.1) is 0 Å². The molecule has 4 rings (SSSR count). The van der Waals surface area contributed by atoms with Crippen molar-refractivity contribution in [3.05, 3.63) is 76.4 Å². The number of rotatable bonds is 6. The van der Waals surface area contributed by atoms with Crippen molar-refractivity contribution >= 4 is 23.5 Å². The molecular weight excluding hydrogens is 402 g/mol. The fraction of sp³-hybridized carbons (Fsp3) is 0.143. The second-order valence-corrected chi connectivity index (χ2v) is 7.22. The van der Waals surface area contributed by atoms with Gasteiger partial charge < -0.3 is 9.73 Å². The van der Waals surface area contributed by atoms with E-state index in [1.165, 1.54) is 22.5 Å². The van der Waals surface area contributed by atoms with Crippen LogP contribution in [0.5, 0.6) is 0 Å². The van der Waals surface area contributed by atoms with E-state index in [4.69, 9.17) is 4.42 Å². The number of carbonyl (C=O) groups excluding carboxylic acids is 1. The molecule has 0 aliphatic heterocycles. The Morgan fingerprint density at radius 2 is 2.07 bits per heavy atom. The van der Waals surface area contributed by atoms with Crippen LogP contribution in [-0.4, -0.2) is 31.9 Å². The molecule has 9 heteroatoms. The molecule has 0 aliphatic rings. The van der Waals surface area contributed by atoms with E-state index in [1.54, 1.807) is 30.5 Å². The van der Waals surface area contributed by atoms with Crippen molar-refractivity contribution < 1.29 is 9.21 Å². The van der Waals surface area contributed by atoms with Crippen LogP contribution >= 0.6 is 11.8 Å². The number of benzene rings is 1. The van der Waals surface area contributed by atoms with Gasteiger partial charge in [0.25, 0.3) is 11.5 Å². The number of nitrogens with zero attached hydrogens (tertiary/aromatic N) is 3. The number of amides is 1. The fourth-order valence-electron chi connectivity index (χ4n) is 2.97. The maximum Gasteiger partial charge on any atom is 0.257 e. The van der Waals surface area contributed by atoms with E-state index in [1.807, 2.05) is 31.4 Å². The van der Waals surface area contributed by atoms with Crippen LogP contribution in [0.4, 0.5) is 5.82 Å². The lowest BCUT2D eigenvalue weighted by Crippen LogP contribution is -2.19. The summed E-state index contributed by atoms with van der Waals surface area (Å²) < 4.78 is 6.84. The number of furan rings is 1. The molecule has 0 fully saturated rings. The molecule has 0 saturated carbocycles. The minimum atomic E-state index is -0.295. The van der Waals surface area contributed by atoms with E-state index in [-0.39, 0.29) is 17.4 Å². The highest BCUT2D eigenvalue weighted by Crippen LogP contribution is 2.26. The number of aromatic nitrogens is 4. The Morgan fingerprint density at radius 1 is 1.23 bits per heavy atom. The van der Waals surface area contributed by atoms with E-state index in [9.17, 15) is 9.59 Å². The van der Waals surface area contributed by atoms with E-state index < -0.39 is 0 Å². The summed E-state index contributed by atoms with van der Waals surface area (Å²) in [6.45, 7) is 1.91. The van der Waals surface area contributed by atoms with Crippen molar-refractivity contribution in [2.75, 3.05) is 11.6 Å². The highest BCUT2D eigenvalue weighted by Gasteiger charge is 2.19. The van der Waals surface area contributed by atoms with Gasteiger partial charge in [0.15, 0.2) is 5.76 Å². The van der Waals surface area contributed by atoms with Gasteiger partial charge in [-0.2, -0.15) is 9.78 Å². The number of aryl methyl sites for hydroxylation is 1. The van der Waals surface area contributed by atoms with Gasteiger partial charge in [-0.25, -0.2) is 4.98 Å². The lowest BCUT2D eigenvalue weighted by atomic mass is 10.2. The molecule has 0 spiro atoms. The molecule has 152 valence electrons. The Kier molecular flexibility index (Phi) is 5.53. The standard InChI is InChI=1S/C21H19N5O3S/c1-3-13-11-19(27)24-21(22-13)26-18(12-15(25-26)16-8-6-10-29-16)23-20(28)14-7-4-5-9-17(14)30-2/h4-12H,3H2,1-2H3,(H,23,28)(H,22,24,27). The summed E-state index contributed by atoms with van der Waals surface area (Å²) >= 11 is 1.49. The third kappa shape index (κ3) is 3.92. The predicted molar refractivity (Wildman–Crippen MR) is 115 cm³/mol. The van der Waals surface area contributed by atoms with Crippen molar-refractivity contribution in [1.82, 2.24) is 19.7 Å². The van der Waals surface area contributed by atoms with Crippen molar-refractivity contribution in [1.29, 1.82) is 0 Å². The van der Waals surface area contributed by atoms with Crippen LogP contribution < -0.4 is 10.9 Å². The van der Waals surface area contributed by atoms with Crippen molar-refractivity contribution in [3.8, 4) is 17.4 Å². The third-order valence-electron chi connectivity index (χ3n) is 4.42. The fourth-order valence-corrected chi connectivity index (χ4v) is 3.56. The van der Waals surface area contributed by atoms with E-state index >= 15 is 0 Å². The first kappa shape index (κ1) is 19.7. The Bertz CT molecular complexity index is 1240. The number of anilines is 1. The largest absolute Gasteiger partial charge is 0.463 e. The number of hydrogen-bond donors (Lipinski definition) is 2. The summed E-state index contributed by atoms with van der Waals surface area (Å²) in [6, 6.07) is 14.0. The average molecular weight is 421 g/mol. The lowest BCUT2D eigenvalue weighted by molar-refractivity contribution is 0.102. The summed E-state index contributed by atoms with van der Waals surface area (Å²) in [6.07, 6.45) is 4.04. The van der Waals surface area contributed by atoms with Gasteiger partial charge >= 0.3 is 0 Å². The minimum Gasteiger partial charge on any atom is -0.463 e. The summed E-state index contributed by atoms with van der Waals surface area (Å²) in [4.78, 5) is 33.0. The van der Waals surface area contributed by atoms with Crippen LogP contribution in [0.1, 0.15) is 23.0 Å². The highest BCUT2D eigenvalue weighted by molar-refractivity contribution is 7.98. The van der Waals surface area contributed by atoms with Gasteiger partial charge in [-0.05, 0) is 36.9 Å². The van der Waals surface area contributed by atoms with E-state index in [0.29, 0.717) is 35.0 Å². The summed E-state index contributed by atoms with van der Waals surface area (Å²) in [5.74, 6) is 0.813. The van der Waals surface area contributed by atoms with Gasteiger partial charge in [-0.1, -0.05) is 19.1 Å².